The second-order valence-electron chi connectivity index (χ2n) is 5.26. The van der Waals surface area contributed by atoms with E-state index < -0.39 is 0 Å². The number of hydrogen-bond acceptors (Lipinski definition) is 2. The van der Waals surface area contributed by atoms with E-state index in [1.807, 2.05) is 0 Å². The summed E-state index contributed by atoms with van der Waals surface area (Å²) in [6.45, 7) is 2.10. The number of fused-ring (bicyclic) bond motifs is 1. The van der Waals surface area contributed by atoms with Gasteiger partial charge in [-0.3, -0.25) is 5.10 Å². The number of para-hydroxylation sites is 1. The number of aromatic nitrogens is 3. The molecule has 2 aromatic heterocycles. The van der Waals surface area contributed by atoms with Crippen LogP contribution in [0.3, 0.4) is 0 Å². The van der Waals surface area contributed by atoms with Crippen molar-refractivity contribution in [2.45, 2.75) is 25.8 Å². The Balaban J connectivity index is 1.80. The molecule has 4 nitrogen and oxygen atoms in total. The van der Waals surface area contributed by atoms with Crippen LogP contribution in [0.4, 0.5) is 5.82 Å². The zero-order valence-corrected chi connectivity index (χ0v) is 10.8. The van der Waals surface area contributed by atoms with Crippen LogP contribution in [0.5, 0.6) is 0 Å². The molecule has 4 rings (SSSR count). The van der Waals surface area contributed by atoms with Crippen LogP contribution < -0.4 is 5.32 Å². The van der Waals surface area contributed by atoms with Crippen LogP contribution in [0.1, 0.15) is 18.5 Å². The van der Waals surface area contributed by atoms with E-state index in [9.17, 15) is 0 Å². The summed E-state index contributed by atoms with van der Waals surface area (Å²) in [5.74, 6) is 0.946. The third-order valence-electron chi connectivity index (χ3n) is 3.67. The Bertz CT molecular complexity index is 734. The summed E-state index contributed by atoms with van der Waals surface area (Å²) in [4.78, 5) is 3.42. The number of nitrogens with one attached hydrogen (secondary N) is 3. The molecule has 1 aliphatic rings. The highest BCUT2D eigenvalue weighted by Crippen LogP contribution is 2.32. The molecule has 0 saturated heterocycles. The van der Waals surface area contributed by atoms with Gasteiger partial charge < -0.3 is 10.3 Å². The summed E-state index contributed by atoms with van der Waals surface area (Å²) in [7, 11) is 0. The minimum atomic E-state index is 0.625. The van der Waals surface area contributed by atoms with Crippen molar-refractivity contribution < 1.29 is 0 Å². The third kappa shape index (κ3) is 1.80. The second kappa shape index (κ2) is 3.88. The van der Waals surface area contributed by atoms with Crippen LogP contribution in [0.2, 0.25) is 0 Å². The molecule has 3 aromatic rings. The number of benzene rings is 1. The van der Waals surface area contributed by atoms with Gasteiger partial charge in [0.05, 0.1) is 5.69 Å². The van der Waals surface area contributed by atoms with Crippen molar-refractivity contribution >= 4 is 16.7 Å². The molecule has 3 N–H and O–H groups in total. The van der Waals surface area contributed by atoms with Gasteiger partial charge in [0.1, 0.15) is 5.82 Å². The Morgan fingerprint density at radius 1 is 1.26 bits per heavy atom. The van der Waals surface area contributed by atoms with Gasteiger partial charge in [0, 0.05) is 34.3 Å². The van der Waals surface area contributed by atoms with Crippen LogP contribution in [-0.4, -0.2) is 21.2 Å². The van der Waals surface area contributed by atoms with Crippen LogP contribution in [0.15, 0.2) is 30.3 Å². The first-order valence-electron chi connectivity index (χ1n) is 6.71. The second-order valence-corrected chi connectivity index (χ2v) is 5.26. The molecule has 0 spiro atoms. The molecule has 0 aliphatic heterocycles. The number of hydrogen-bond donors (Lipinski definition) is 3. The van der Waals surface area contributed by atoms with Gasteiger partial charge in [-0.15, -0.1) is 0 Å². The lowest BCUT2D eigenvalue weighted by atomic mass is 10.1. The number of anilines is 1. The highest BCUT2D eigenvalue weighted by molar-refractivity contribution is 5.96. The van der Waals surface area contributed by atoms with E-state index in [1.165, 1.54) is 35.0 Å². The molecule has 0 atom stereocenters. The molecular weight excluding hydrogens is 236 g/mol. The van der Waals surface area contributed by atoms with Gasteiger partial charge in [0.25, 0.3) is 0 Å². The van der Waals surface area contributed by atoms with Crippen LogP contribution in [0.25, 0.3) is 22.2 Å². The van der Waals surface area contributed by atoms with E-state index in [2.05, 4.69) is 57.8 Å². The van der Waals surface area contributed by atoms with Crippen LogP contribution in [0, 0.1) is 6.92 Å². The monoisotopic (exact) mass is 252 g/mol. The fourth-order valence-corrected chi connectivity index (χ4v) is 2.58. The summed E-state index contributed by atoms with van der Waals surface area (Å²) in [5, 5.41) is 12.1. The van der Waals surface area contributed by atoms with Gasteiger partial charge in [-0.25, -0.2) is 0 Å². The fraction of sp³-hybridized carbons (Fsp3) is 0.267. The van der Waals surface area contributed by atoms with E-state index in [-0.39, 0.29) is 0 Å². The highest BCUT2D eigenvalue weighted by Gasteiger charge is 2.22. The van der Waals surface area contributed by atoms with E-state index in [1.54, 1.807) is 0 Å². The lowest BCUT2D eigenvalue weighted by Crippen LogP contribution is -2.00. The molecule has 1 saturated carbocycles. The third-order valence-corrected chi connectivity index (χ3v) is 3.67. The molecule has 1 aliphatic carbocycles. The standard InChI is InChI=1S/C15H16N4/c1-9-15(11-4-2-3-5-12(11)16-9)13-8-14(19-18-13)17-10-6-7-10/h2-5,8,10,16H,6-7H2,1H3,(H2,17,18,19). The minimum Gasteiger partial charge on any atom is -0.366 e. The molecule has 1 aromatic carbocycles. The Morgan fingerprint density at radius 3 is 2.95 bits per heavy atom. The maximum Gasteiger partial charge on any atom is 0.148 e. The summed E-state index contributed by atoms with van der Waals surface area (Å²) in [6, 6.07) is 11.1. The summed E-state index contributed by atoms with van der Waals surface area (Å²) in [5.41, 5.74) is 4.62. The average molecular weight is 252 g/mol. The molecule has 0 bridgehead atoms. The maximum absolute atomic E-state index is 4.35. The van der Waals surface area contributed by atoms with E-state index in [0.717, 1.165) is 11.5 Å². The minimum absolute atomic E-state index is 0.625. The Hall–Kier alpha value is -2.23. The normalized spacial score (nSPS) is 15.0. The Morgan fingerprint density at radius 2 is 2.11 bits per heavy atom. The first-order chi connectivity index (χ1) is 9.31. The van der Waals surface area contributed by atoms with Crippen molar-refractivity contribution in [3.8, 4) is 11.3 Å². The SMILES string of the molecule is Cc1[nH]c2ccccc2c1-c1cc(NC2CC2)n[nH]1. The smallest absolute Gasteiger partial charge is 0.148 e. The molecule has 19 heavy (non-hydrogen) atoms. The van der Waals surface area contributed by atoms with E-state index in [4.69, 9.17) is 0 Å². The first-order valence-corrected chi connectivity index (χ1v) is 6.71. The molecule has 4 heteroatoms. The maximum atomic E-state index is 4.35. The number of aryl methyl sites for hydroxylation is 1. The molecule has 0 unspecified atom stereocenters. The van der Waals surface area contributed by atoms with Crippen molar-refractivity contribution in [1.82, 2.24) is 15.2 Å². The van der Waals surface area contributed by atoms with Gasteiger partial charge in [-0.1, -0.05) is 18.2 Å². The predicted molar refractivity (Wildman–Crippen MR) is 77.3 cm³/mol. The van der Waals surface area contributed by atoms with Crippen molar-refractivity contribution in [3.63, 3.8) is 0 Å². The van der Waals surface area contributed by atoms with Crippen LogP contribution in [-0.2, 0) is 0 Å². The first kappa shape index (κ1) is 10.7. The van der Waals surface area contributed by atoms with E-state index >= 15 is 0 Å². The zero-order valence-electron chi connectivity index (χ0n) is 10.8. The topological polar surface area (TPSA) is 56.5 Å². The molecular formula is C15H16N4. The number of rotatable bonds is 3. The molecule has 0 amide bonds. The summed E-state index contributed by atoms with van der Waals surface area (Å²) >= 11 is 0. The van der Waals surface area contributed by atoms with Gasteiger partial charge >= 0.3 is 0 Å². The van der Waals surface area contributed by atoms with Gasteiger partial charge in [-0.2, -0.15) is 5.10 Å². The molecule has 0 radical (unpaired) electrons. The number of aromatic amines is 2. The lowest BCUT2D eigenvalue weighted by molar-refractivity contribution is 1.05. The van der Waals surface area contributed by atoms with Crippen LogP contribution >= 0.6 is 0 Å². The van der Waals surface area contributed by atoms with Crippen molar-refractivity contribution in [2.75, 3.05) is 5.32 Å². The number of H-pyrrole nitrogens is 2. The molecule has 1 fully saturated rings. The largest absolute Gasteiger partial charge is 0.366 e. The molecule has 2 heterocycles. The summed E-state index contributed by atoms with van der Waals surface area (Å²) < 4.78 is 0. The zero-order chi connectivity index (χ0) is 12.8. The Kier molecular flexibility index (Phi) is 2.18. The highest BCUT2D eigenvalue weighted by atomic mass is 15.2. The quantitative estimate of drug-likeness (QED) is 0.668. The van der Waals surface area contributed by atoms with E-state index in [0.29, 0.717) is 6.04 Å². The van der Waals surface area contributed by atoms with Gasteiger partial charge in [0.2, 0.25) is 0 Å². The van der Waals surface area contributed by atoms with Crippen molar-refractivity contribution in [2.24, 2.45) is 0 Å². The number of nitrogens with zero attached hydrogens (tertiary/aromatic N) is 1. The van der Waals surface area contributed by atoms with Crippen molar-refractivity contribution in [1.29, 1.82) is 0 Å². The molecule has 96 valence electrons. The Labute approximate surface area is 111 Å². The van der Waals surface area contributed by atoms with Gasteiger partial charge in [0.15, 0.2) is 0 Å². The van der Waals surface area contributed by atoms with Gasteiger partial charge in [-0.05, 0) is 25.8 Å². The predicted octanol–water partition coefficient (Wildman–Crippen LogP) is 3.44. The van der Waals surface area contributed by atoms with Crippen molar-refractivity contribution in [3.05, 3.63) is 36.0 Å². The fourth-order valence-electron chi connectivity index (χ4n) is 2.58. The average Bonchev–Trinajstić information content (AvgIpc) is 2.98. The lowest BCUT2D eigenvalue weighted by Gasteiger charge is -1.97. The summed E-state index contributed by atoms with van der Waals surface area (Å²) in [6.07, 6.45) is 2.52.